The fourth-order valence-corrected chi connectivity index (χ4v) is 1.89. The number of phenols is 1. The average molecular weight is 282 g/mol. The van der Waals surface area contributed by atoms with E-state index in [-0.39, 0.29) is 5.75 Å². The summed E-state index contributed by atoms with van der Waals surface area (Å²) in [7, 11) is 0. The number of hydrogen-bond acceptors (Lipinski definition) is 2. The molecule has 0 aliphatic heterocycles. The summed E-state index contributed by atoms with van der Waals surface area (Å²) < 4.78 is 0. The summed E-state index contributed by atoms with van der Waals surface area (Å²) in [5.41, 5.74) is 2.75. The Bertz CT molecular complexity index is 518. The zero-order valence-corrected chi connectivity index (χ0v) is 11.4. The van der Waals surface area contributed by atoms with Gasteiger partial charge < -0.3 is 10.4 Å². The number of anilines is 1. The molecule has 0 aromatic heterocycles. The summed E-state index contributed by atoms with van der Waals surface area (Å²) >= 11 is 11.8. The van der Waals surface area contributed by atoms with Crippen molar-refractivity contribution in [2.24, 2.45) is 0 Å². The van der Waals surface area contributed by atoms with Crippen LogP contribution in [0.2, 0.25) is 10.0 Å². The van der Waals surface area contributed by atoms with Gasteiger partial charge in [-0.1, -0.05) is 35.3 Å². The molecule has 18 heavy (non-hydrogen) atoms. The molecule has 0 atom stereocenters. The van der Waals surface area contributed by atoms with Crippen molar-refractivity contribution >= 4 is 28.9 Å². The van der Waals surface area contributed by atoms with Crippen LogP contribution < -0.4 is 5.32 Å². The highest BCUT2D eigenvalue weighted by atomic mass is 35.5. The number of halogens is 2. The topological polar surface area (TPSA) is 32.3 Å². The molecular formula is C14H13Cl2NO. The van der Waals surface area contributed by atoms with E-state index in [1.54, 1.807) is 12.1 Å². The molecule has 2 aromatic rings. The molecule has 0 heterocycles. The van der Waals surface area contributed by atoms with Crippen LogP contribution in [0.1, 0.15) is 11.1 Å². The maximum atomic E-state index is 9.60. The number of hydrogen-bond donors (Lipinski definition) is 2. The van der Waals surface area contributed by atoms with E-state index >= 15 is 0 Å². The summed E-state index contributed by atoms with van der Waals surface area (Å²) in [4.78, 5) is 0. The number of aryl methyl sites for hydroxylation is 1. The molecule has 0 bridgehead atoms. The maximum Gasteiger partial charge on any atom is 0.120 e. The van der Waals surface area contributed by atoms with Gasteiger partial charge in [-0.3, -0.25) is 0 Å². The van der Waals surface area contributed by atoms with Crippen molar-refractivity contribution in [3.05, 3.63) is 57.6 Å². The Morgan fingerprint density at radius 3 is 2.50 bits per heavy atom. The second-order valence-corrected chi connectivity index (χ2v) is 4.92. The molecule has 4 heteroatoms. The first-order valence-corrected chi connectivity index (χ1v) is 6.29. The van der Waals surface area contributed by atoms with E-state index in [2.05, 4.69) is 5.32 Å². The van der Waals surface area contributed by atoms with Crippen LogP contribution in [0.3, 0.4) is 0 Å². The van der Waals surface area contributed by atoms with Crippen molar-refractivity contribution in [1.82, 2.24) is 0 Å². The first-order valence-electron chi connectivity index (χ1n) is 5.53. The third-order valence-corrected chi connectivity index (χ3v) is 3.43. The molecular weight excluding hydrogens is 269 g/mol. The monoisotopic (exact) mass is 281 g/mol. The van der Waals surface area contributed by atoms with E-state index in [9.17, 15) is 5.11 Å². The zero-order chi connectivity index (χ0) is 13.1. The predicted molar refractivity (Wildman–Crippen MR) is 76.6 cm³/mol. The Hall–Kier alpha value is -1.38. The first-order chi connectivity index (χ1) is 8.56. The molecule has 0 aliphatic carbocycles. The van der Waals surface area contributed by atoms with Gasteiger partial charge in [0.25, 0.3) is 0 Å². The normalized spacial score (nSPS) is 10.4. The van der Waals surface area contributed by atoms with Gasteiger partial charge in [-0.2, -0.15) is 0 Å². The predicted octanol–water partition coefficient (Wildman–Crippen LogP) is 4.62. The lowest BCUT2D eigenvalue weighted by atomic mass is 10.2. The number of phenolic OH excluding ortho intramolecular Hbond substituents is 1. The highest BCUT2D eigenvalue weighted by Crippen LogP contribution is 2.24. The fourth-order valence-electron chi connectivity index (χ4n) is 1.57. The Balaban J connectivity index is 2.06. The van der Waals surface area contributed by atoms with Crippen molar-refractivity contribution in [2.45, 2.75) is 13.5 Å². The molecule has 0 spiro atoms. The second kappa shape index (κ2) is 5.51. The van der Waals surface area contributed by atoms with Crippen molar-refractivity contribution in [1.29, 1.82) is 0 Å². The molecule has 0 saturated heterocycles. The van der Waals surface area contributed by atoms with Crippen LogP contribution in [0, 0.1) is 6.92 Å². The molecule has 2 rings (SSSR count). The van der Waals surface area contributed by atoms with Gasteiger partial charge in [0.15, 0.2) is 0 Å². The van der Waals surface area contributed by atoms with Crippen molar-refractivity contribution in [3.8, 4) is 5.75 Å². The molecule has 0 fully saturated rings. The Labute approximate surface area is 116 Å². The Morgan fingerprint density at radius 2 is 1.83 bits per heavy atom. The molecule has 0 aliphatic rings. The SMILES string of the molecule is Cc1ccc(NCc2ccc(Cl)c(Cl)c2)cc1O. The lowest BCUT2D eigenvalue weighted by molar-refractivity contribution is 0.471. The molecule has 0 saturated carbocycles. The lowest BCUT2D eigenvalue weighted by Gasteiger charge is -2.08. The van der Waals surface area contributed by atoms with Crippen LogP contribution in [0.4, 0.5) is 5.69 Å². The number of rotatable bonds is 3. The molecule has 0 unspecified atom stereocenters. The number of benzene rings is 2. The first kappa shape index (κ1) is 13.1. The number of aromatic hydroxyl groups is 1. The van der Waals surface area contributed by atoms with E-state index in [0.29, 0.717) is 16.6 Å². The maximum absolute atomic E-state index is 9.60. The Kier molecular flexibility index (Phi) is 4.00. The van der Waals surface area contributed by atoms with Gasteiger partial charge in [0, 0.05) is 18.3 Å². The van der Waals surface area contributed by atoms with E-state index in [4.69, 9.17) is 23.2 Å². The summed E-state index contributed by atoms with van der Waals surface area (Å²) in [5.74, 6) is 0.286. The molecule has 94 valence electrons. The third kappa shape index (κ3) is 3.09. The van der Waals surface area contributed by atoms with Crippen LogP contribution in [-0.4, -0.2) is 5.11 Å². The molecule has 0 amide bonds. The molecule has 2 nitrogen and oxygen atoms in total. The highest BCUT2D eigenvalue weighted by molar-refractivity contribution is 6.42. The van der Waals surface area contributed by atoms with E-state index < -0.39 is 0 Å². The highest BCUT2D eigenvalue weighted by Gasteiger charge is 2.01. The largest absolute Gasteiger partial charge is 0.508 e. The van der Waals surface area contributed by atoms with Crippen molar-refractivity contribution in [2.75, 3.05) is 5.32 Å². The third-order valence-electron chi connectivity index (χ3n) is 2.69. The van der Waals surface area contributed by atoms with Gasteiger partial charge in [0.1, 0.15) is 5.75 Å². The van der Waals surface area contributed by atoms with Gasteiger partial charge in [-0.05, 0) is 36.2 Å². The smallest absolute Gasteiger partial charge is 0.120 e. The van der Waals surface area contributed by atoms with Gasteiger partial charge in [-0.15, -0.1) is 0 Å². The average Bonchev–Trinajstić information content (AvgIpc) is 2.35. The minimum atomic E-state index is 0.286. The van der Waals surface area contributed by atoms with Crippen LogP contribution >= 0.6 is 23.2 Å². The van der Waals surface area contributed by atoms with Crippen LogP contribution in [0.5, 0.6) is 5.75 Å². The van der Waals surface area contributed by atoms with Crippen LogP contribution in [0.25, 0.3) is 0 Å². The quantitative estimate of drug-likeness (QED) is 0.861. The second-order valence-electron chi connectivity index (χ2n) is 4.10. The fraction of sp³-hybridized carbons (Fsp3) is 0.143. The van der Waals surface area contributed by atoms with E-state index in [1.165, 1.54) is 0 Å². The van der Waals surface area contributed by atoms with Gasteiger partial charge in [0.05, 0.1) is 10.0 Å². The summed E-state index contributed by atoms with van der Waals surface area (Å²) in [5, 5.41) is 13.9. The van der Waals surface area contributed by atoms with Gasteiger partial charge in [0.2, 0.25) is 0 Å². The summed E-state index contributed by atoms with van der Waals surface area (Å²) in [6.45, 7) is 2.48. The summed E-state index contributed by atoms with van der Waals surface area (Å²) in [6.07, 6.45) is 0. The van der Waals surface area contributed by atoms with E-state index in [1.807, 2.05) is 31.2 Å². The van der Waals surface area contributed by atoms with Crippen LogP contribution in [0.15, 0.2) is 36.4 Å². The number of nitrogens with one attached hydrogen (secondary N) is 1. The lowest BCUT2D eigenvalue weighted by Crippen LogP contribution is -1.99. The van der Waals surface area contributed by atoms with Crippen molar-refractivity contribution < 1.29 is 5.11 Å². The zero-order valence-electron chi connectivity index (χ0n) is 9.87. The summed E-state index contributed by atoms with van der Waals surface area (Å²) in [6, 6.07) is 11.0. The van der Waals surface area contributed by atoms with Crippen molar-refractivity contribution in [3.63, 3.8) is 0 Å². The standard InChI is InChI=1S/C14H13Cl2NO/c1-9-2-4-11(7-14(9)18)17-8-10-3-5-12(15)13(16)6-10/h2-7,17-18H,8H2,1H3. The van der Waals surface area contributed by atoms with Crippen LogP contribution in [-0.2, 0) is 6.54 Å². The molecule has 2 aromatic carbocycles. The molecule has 0 radical (unpaired) electrons. The minimum absolute atomic E-state index is 0.286. The minimum Gasteiger partial charge on any atom is -0.508 e. The molecule has 2 N–H and O–H groups in total. The van der Waals surface area contributed by atoms with E-state index in [0.717, 1.165) is 16.8 Å². The van der Waals surface area contributed by atoms with Gasteiger partial charge in [-0.25, -0.2) is 0 Å². The van der Waals surface area contributed by atoms with Gasteiger partial charge >= 0.3 is 0 Å². The Morgan fingerprint density at radius 1 is 1.06 bits per heavy atom.